The van der Waals surface area contributed by atoms with Crippen LogP contribution in [0.3, 0.4) is 0 Å². The van der Waals surface area contributed by atoms with E-state index in [4.69, 9.17) is 17.3 Å². The zero-order valence-electron chi connectivity index (χ0n) is 18.4. The van der Waals surface area contributed by atoms with Gasteiger partial charge in [-0.2, -0.15) is 4.31 Å². The van der Waals surface area contributed by atoms with Gasteiger partial charge in [-0.05, 0) is 55.5 Å². The Morgan fingerprint density at radius 3 is 2.53 bits per heavy atom. The van der Waals surface area contributed by atoms with Crippen LogP contribution in [0.2, 0.25) is 5.02 Å². The average Bonchev–Trinajstić information content (AvgIpc) is 3.22. The summed E-state index contributed by atoms with van der Waals surface area (Å²) in [5.74, 6) is 0.599. The molecule has 0 radical (unpaired) electrons. The Morgan fingerprint density at radius 1 is 1.09 bits per heavy atom. The van der Waals surface area contributed by atoms with E-state index in [1.807, 2.05) is 0 Å². The normalized spacial score (nSPS) is 17.1. The zero-order valence-corrected chi connectivity index (χ0v) is 21.6. The average molecular weight is 538 g/mol. The summed E-state index contributed by atoms with van der Waals surface area (Å²) < 4.78 is 27.1. The second-order valence-corrected chi connectivity index (χ2v) is 12.7. The topological polar surface area (TPSA) is 109 Å². The molecule has 1 saturated heterocycles. The monoisotopic (exact) mass is 537 g/mol. The number of hydrogen-bond acceptors (Lipinski definition) is 8. The van der Waals surface area contributed by atoms with E-state index in [9.17, 15) is 13.2 Å². The van der Waals surface area contributed by atoms with Crippen molar-refractivity contribution in [1.29, 1.82) is 0 Å². The lowest BCUT2D eigenvalue weighted by atomic mass is 9.97. The predicted octanol–water partition coefficient (Wildman–Crippen LogP) is 3.43. The molecule has 0 saturated carbocycles. The SMILES string of the molecule is Nc1nc(SCC(=O)N2CCN(S(=O)(=O)c3ccc(Cl)cc3)CC2)nc2sc3c(c12)CCCC3. The summed E-state index contributed by atoms with van der Waals surface area (Å²) in [6, 6.07) is 6.11. The molecule has 0 unspecified atom stereocenters. The smallest absolute Gasteiger partial charge is 0.243 e. The van der Waals surface area contributed by atoms with Gasteiger partial charge in [-0.1, -0.05) is 23.4 Å². The van der Waals surface area contributed by atoms with Gasteiger partial charge in [-0.25, -0.2) is 18.4 Å². The number of aryl methyl sites for hydroxylation is 2. The van der Waals surface area contributed by atoms with Crippen LogP contribution >= 0.6 is 34.7 Å². The van der Waals surface area contributed by atoms with Crippen molar-refractivity contribution in [2.24, 2.45) is 0 Å². The Hall–Kier alpha value is -1.92. The van der Waals surface area contributed by atoms with Crippen LogP contribution in [0.15, 0.2) is 34.3 Å². The number of carbonyl (C=O) groups is 1. The number of thiophene rings is 1. The number of hydrogen-bond donors (Lipinski definition) is 1. The lowest BCUT2D eigenvalue weighted by molar-refractivity contribution is -0.129. The number of fused-ring (bicyclic) bond motifs is 3. The molecule has 5 rings (SSSR count). The molecule has 2 aromatic heterocycles. The number of rotatable bonds is 5. The van der Waals surface area contributed by atoms with E-state index in [1.165, 1.54) is 45.1 Å². The van der Waals surface area contributed by atoms with E-state index >= 15 is 0 Å². The molecule has 1 amide bonds. The van der Waals surface area contributed by atoms with Crippen molar-refractivity contribution >= 4 is 66.7 Å². The zero-order chi connectivity index (χ0) is 23.9. The Bertz CT molecular complexity index is 1340. The quantitative estimate of drug-likeness (QED) is 0.392. The van der Waals surface area contributed by atoms with Gasteiger partial charge in [0.2, 0.25) is 15.9 Å². The van der Waals surface area contributed by atoms with Crippen molar-refractivity contribution in [3.05, 3.63) is 39.7 Å². The fourth-order valence-electron chi connectivity index (χ4n) is 4.38. The molecule has 12 heteroatoms. The third-order valence-corrected chi connectivity index (χ3v) is 10.4. The number of aromatic nitrogens is 2. The van der Waals surface area contributed by atoms with Gasteiger partial charge >= 0.3 is 0 Å². The van der Waals surface area contributed by atoms with Crippen LogP contribution in [0.4, 0.5) is 5.82 Å². The summed E-state index contributed by atoms with van der Waals surface area (Å²) in [4.78, 5) is 26.0. The first-order chi connectivity index (χ1) is 16.3. The van der Waals surface area contributed by atoms with Crippen LogP contribution < -0.4 is 5.73 Å². The molecule has 3 aromatic rings. The summed E-state index contributed by atoms with van der Waals surface area (Å²) in [6.07, 6.45) is 4.44. The molecule has 1 aliphatic carbocycles. The van der Waals surface area contributed by atoms with E-state index in [2.05, 4.69) is 9.97 Å². The van der Waals surface area contributed by atoms with Gasteiger partial charge in [-0.15, -0.1) is 11.3 Å². The number of anilines is 1. The first kappa shape index (κ1) is 23.8. The largest absolute Gasteiger partial charge is 0.383 e. The molecule has 3 heterocycles. The van der Waals surface area contributed by atoms with E-state index in [1.54, 1.807) is 28.4 Å². The maximum atomic E-state index is 12.8. The van der Waals surface area contributed by atoms with Gasteiger partial charge in [0.1, 0.15) is 10.6 Å². The third kappa shape index (κ3) is 4.64. The maximum absolute atomic E-state index is 12.8. The number of piperazine rings is 1. The molecular weight excluding hydrogens is 514 g/mol. The van der Waals surface area contributed by atoms with Crippen LogP contribution in [-0.4, -0.2) is 65.4 Å². The maximum Gasteiger partial charge on any atom is 0.243 e. The van der Waals surface area contributed by atoms with Gasteiger partial charge in [0.25, 0.3) is 0 Å². The van der Waals surface area contributed by atoms with Gasteiger partial charge in [0.15, 0.2) is 5.16 Å². The lowest BCUT2D eigenvalue weighted by Gasteiger charge is -2.34. The van der Waals surface area contributed by atoms with Gasteiger partial charge in [0.05, 0.1) is 16.0 Å². The number of nitrogens with two attached hydrogens (primary N) is 1. The van der Waals surface area contributed by atoms with Crippen LogP contribution in [0, 0.1) is 0 Å². The van der Waals surface area contributed by atoms with Crippen molar-refractivity contribution in [1.82, 2.24) is 19.2 Å². The van der Waals surface area contributed by atoms with Crippen molar-refractivity contribution in [2.75, 3.05) is 37.7 Å². The van der Waals surface area contributed by atoms with E-state index in [0.29, 0.717) is 29.1 Å². The number of halogens is 1. The molecular formula is C22H24ClN5O3S3. The van der Waals surface area contributed by atoms with Crippen molar-refractivity contribution in [2.45, 2.75) is 35.7 Å². The number of sulfonamides is 1. The summed E-state index contributed by atoms with van der Waals surface area (Å²) in [5, 5.41) is 1.96. The summed E-state index contributed by atoms with van der Waals surface area (Å²) in [5.41, 5.74) is 7.56. The number of carbonyl (C=O) groups excluding carboxylic acids is 1. The van der Waals surface area contributed by atoms with Crippen LogP contribution in [0.25, 0.3) is 10.2 Å². The number of thioether (sulfide) groups is 1. The van der Waals surface area contributed by atoms with E-state index < -0.39 is 10.0 Å². The summed E-state index contributed by atoms with van der Waals surface area (Å²) >= 11 is 8.82. The van der Waals surface area contributed by atoms with Crippen molar-refractivity contribution in [3.8, 4) is 0 Å². The predicted molar refractivity (Wildman–Crippen MR) is 136 cm³/mol. The van der Waals surface area contributed by atoms with Crippen LogP contribution in [0.1, 0.15) is 23.3 Å². The molecule has 8 nitrogen and oxygen atoms in total. The molecule has 1 fully saturated rings. The molecule has 0 spiro atoms. The van der Waals surface area contributed by atoms with Gasteiger partial charge in [0, 0.05) is 36.1 Å². The third-order valence-electron chi connectivity index (χ3n) is 6.19. The molecule has 1 aliphatic heterocycles. The second kappa shape index (κ2) is 9.62. The number of nitrogens with zero attached hydrogens (tertiary/aromatic N) is 4. The highest BCUT2D eigenvalue weighted by atomic mass is 35.5. The highest BCUT2D eigenvalue weighted by Gasteiger charge is 2.30. The summed E-state index contributed by atoms with van der Waals surface area (Å²) in [6.45, 7) is 1.17. The highest BCUT2D eigenvalue weighted by Crippen LogP contribution is 2.38. The molecule has 2 N–H and O–H groups in total. The Balaban J connectivity index is 1.20. The fourth-order valence-corrected chi connectivity index (χ4v) is 8.01. The molecule has 180 valence electrons. The van der Waals surface area contributed by atoms with E-state index in [-0.39, 0.29) is 29.6 Å². The number of benzene rings is 1. The minimum absolute atomic E-state index is 0.0683. The molecule has 0 bridgehead atoms. The second-order valence-electron chi connectivity index (χ2n) is 8.31. The first-order valence-electron chi connectivity index (χ1n) is 11.1. The van der Waals surface area contributed by atoms with Crippen LogP contribution in [0.5, 0.6) is 0 Å². The Morgan fingerprint density at radius 2 is 1.79 bits per heavy atom. The van der Waals surface area contributed by atoms with Crippen LogP contribution in [-0.2, 0) is 27.7 Å². The Kier molecular flexibility index (Phi) is 6.73. The van der Waals surface area contributed by atoms with Gasteiger partial charge in [-0.3, -0.25) is 4.79 Å². The van der Waals surface area contributed by atoms with Crippen molar-refractivity contribution < 1.29 is 13.2 Å². The first-order valence-corrected chi connectivity index (χ1v) is 14.7. The number of amides is 1. The minimum Gasteiger partial charge on any atom is -0.383 e. The minimum atomic E-state index is -3.61. The molecule has 2 aliphatic rings. The lowest BCUT2D eigenvalue weighted by Crippen LogP contribution is -2.50. The van der Waals surface area contributed by atoms with Crippen molar-refractivity contribution in [3.63, 3.8) is 0 Å². The summed E-state index contributed by atoms with van der Waals surface area (Å²) in [7, 11) is -3.61. The molecule has 0 atom stereocenters. The standard InChI is InChI=1S/C22H24ClN5O3S3/c23-14-5-7-15(8-6-14)34(30,31)28-11-9-27(10-12-28)18(29)13-32-22-25-20(24)19-16-3-1-2-4-17(16)33-21(19)26-22/h5-8H,1-4,9-13H2,(H2,24,25,26). The number of nitrogen functional groups attached to an aromatic ring is 1. The van der Waals surface area contributed by atoms with Gasteiger partial charge < -0.3 is 10.6 Å². The molecule has 34 heavy (non-hydrogen) atoms. The van der Waals surface area contributed by atoms with E-state index in [0.717, 1.165) is 29.5 Å². The Labute approximate surface area is 211 Å². The molecule has 1 aromatic carbocycles. The highest BCUT2D eigenvalue weighted by molar-refractivity contribution is 7.99. The fraction of sp³-hybridized carbons (Fsp3) is 0.409.